The molecular formula is C16H24N2O. The van der Waals surface area contributed by atoms with Crippen molar-refractivity contribution in [1.29, 1.82) is 0 Å². The standard InChI is InChI=1S/C16H24N2O/c1-5-17-14(8-11(2)3)12-6-7-15-13(9-12)10-16(19)18(15)4/h6-7,9,11,14,17H,5,8,10H2,1-4H3. The number of fused-ring (bicyclic) bond motifs is 1. The molecule has 19 heavy (non-hydrogen) atoms. The van der Waals surface area contributed by atoms with Crippen molar-refractivity contribution in [2.75, 3.05) is 18.5 Å². The minimum absolute atomic E-state index is 0.191. The molecule has 1 N–H and O–H groups in total. The topological polar surface area (TPSA) is 32.3 Å². The Bertz CT molecular complexity index is 468. The van der Waals surface area contributed by atoms with Gasteiger partial charge in [0.15, 0.2) is 0 Å². The van der Waals surface area contributed by atoms with Crippen LogP contribution in [0, 0.1) is 5.92 Å². The molecule has 1 atom stereocenters. The maximum Gasteiger partial charge on any atom is 0.231 e. The quantitative estimate of drug-likeness (QED) is 0.883. The summed E-state index contributed by atoms with van der Waals surface area (Å²) < 4.78 is 0. The zero-order chi connectivity index (χ0) is 14.0. The van der Waals surface area contributed by atoms with E-state index in [1.54, 1.807) is 4.90 Å². The van der Waals surface area contributed by atoms with Crippen LogP contribution >= 0.6 is 0 Å². The van der Waals surface area contributed by atoms with Crippen molar-refractivity contribution < 1.29 is 4.79 Å². The molecule has 0 aromatic heterocycles. The molecule has 1 aromatic rings. The highest BCUT2D eigenvalue weighted by Crippen LogP contribution is 2.31. The van der Waals surface area contributed by atoms with Gasteiger partial charge in [0.05, 0.1) is 6.42 Å². The number of benzene rings is 1. The molecule has 1 aromatic carbocycles. The molecule has 3 nitrogen and oxygen atoms in total. The summed E-state index contributed by atoms with van der Waals surface area (Å²) in [5.41, 5.74) is 3.53. The van der Waals surface area contributed by atoms with Gasteiger partial charge in [-0.3, -0.25) is 4.79 Å². The van der Waals surface area contributed by atoms with Gasteiger partial charge in [0.1, 0.15) is 0 Å². The van der Waals surface area contributed by atoms with Crippen LogP contribution < -0.4 is 10.2 Å². The summed E-state index contributed by atoms with van der Waals surface area (Å²) in [7, 11) is 1.85. The van der Waals surface area contributed by atoms with E-state index in [-0.39, 0.29) is 5.91 Å². The predicted octanol–water partition coefficient (Wildman–Crippen LogP) is 2.90. The fourth-order valence-corrected chi connectivity index (χ4v) is 2.76. The van der Waals surface area contributed by atoms with E-state index in [9.17, 15) is 4.79 Å². The molecule has 1 aliphatic rings. The maximum atomic E-state index is 11.7. The molecule has 0 saturated heterocycles. The highest BCUT2D eigenvalue weighted by molar-refractivity contribution is 6.00. The molecule has 0 saturated carbocycles. The zero-order valence-electron chi connectivity index (χ0n) is 12.4. The molecule has 3 heteroatoms. The molecular weight excluding hydrogens is 236 g/mol. The van der Waals surface area contributed by atoms with Gasteiger partial charge in [-0.1, -0.05) is 32.9 Å². The van der Waals surface area contributed by atoms with Crippen LogP contribution in [0.3, 0.4) is 0 Å². The SMILES string of the molecule is CCNC(CC(C)C)c1ccc2c(c1)CC(=O)N2C. The minimum atomic E-state index is 0.191. The summed E-state index contributed by atoms with van der Waals surface area (Å²) in [5, 5.41) is 3.55. The second kappa shape index (κ2) is 5.74. The molecule has 0 bridgehead atoms. The molecule has 1 aliphatic heterocycles. The Balaban J connectivity index is 2.25. The Morgan fingerprint density at radius 1 is 1.37 bits per heavy atom. The average molecular weight is 260 g/mol. The van der Waals surface area contributed by atoms with Crippen LogP contribution in [0.4, 0.5) is 5.69 Å². The van der Waals surface area contributed by atoms with Gasteiger partial charge in [0.25, 0.3) is 0 Å². The van der Waals surface area contributed by atoms with Crippen LogP contribution in [0.5, 0.6) is 0 Å². The first-order valence-corrected chi connectivity index (χ1v) is 7.15. The highest BCUT2D eigenvalue weighted by atomic mass is 16.2. The van der Waals surface area contributed by atoms with E-state index in [0.717, 1.165) is 24.2 Å². The average Bonchev–Trinajstić information content (AvgIpc) is 2.63. The number of amides is 1. The second-order valence-corrected chi connectivity index (χ2v) is 5.76. The van der Waals surface area contributed by atoms with E-state index in [1.165, 1.54) is 5.56 Å². The third-order valence-electron chi connectivity index (χ3n) is 3.74. The summed E-state index contributed by atoms with van der Waals surface area (Å²) in [5.74, 6) is 0.845. The summed E-state index contributed by atoms with van der Waals surface area (Å²) in [4.78, 5) is 13.5. The van der Waals surface area contributed by atoms with Crippen LogP contribution in [0.1, 0.15) is 44.4 Å². The first-order chi connectivity index (χ1) is 9.02. The van der Waals surface area contributed by atoms with Crippen molar-refractivity contribution in [2.24, 2.45) is 5.92 Å². The summed E-state index contributed by atoms with van der Waals surface area (Å²) in [6.07, 6.45) is 1.66. The first kappa shape index (κ1) is 14.1. The van der Waals surface area contributed by atoms with E-state index in [2.05, 4.69) is 44.3 Å². The fourth-order valence-electron chi connectivity index (χ4n) is 2.76. The number of hydrogen-bond donors (Lipinski definition) is 1. The third kappa shape index (κ3) is 2.98. The summed E-state index contributed by atoms with van der Waals surface area (Å²) in [6, 6.07) is 6.83. The van der Waals surface area contributed by atoms with Crippen molar-refractivity contribution >= 4 is 11.6 Å². The lowest BCUT2D eigenvalue weighted by Gasteiger charge is -2.21. The summed E-state index contributed by atoms with van der Waals surface area (Å²) in [6.45, 7) is 7.59. The van der Waals surface area contributed by atoms with Crippen LogP contribution in [0.15, 0.2) is 18.2 Å². The van der Waals surface area contributed by atoms with Crippen molar-refractivity contribution in [2.45, 2.75) is 39.7 Å². The van der Waals surface area contributed by atoms with Gasteiger partial charge in [-0.2, -0.15) is 0 Å². The normalized spacial score (nSPS) is 16.1. The van der Waals surface area contributed by atoms with Crippen molar-refractivity contribution in [1.82, 2.24) is 5.32 Å². The van der Waals surface area contributed by atoms with Gasteiger partial charge in [-0.05, 0) is 36.1 Å². The number of nitrogens with one attached hydrogen (secondary N) is 1. The number of likely N-dealkylation sites (N-methyl/N-ethyl adjacent to an activating group) is 1. The molecule has 104 valence electrons. The van der Waals surface area contributed by atoms with E-state index >= 15 is 0 Å². The molecule has 0 fully saturated rings. The first-order valence-electron chi connectivity index (χ1n) is 7.15. The van der Waals surface area contributed by atoms with Crippen molar-refractivity contribution in [3.05, 3.63) is 29.3 Å². The molecule has 2 rings (SSSR count). The number of nitrogens with zero attached hydrogens (tertiary/aromatic N) is 1. The predicted molar refractivity (Wildman–Crippen MR) is 79.4 cm³/mol. The van der Waals surface area contributed by atoms with Gasteiger partial charge in [0, 0.05) is 18.8 Å². The Morgan fingerprint density at radius 2 is 2.11 bits per heavy atom. The summed E-state index contributed by atoms with van der Waals surface area (Å²) >= 11 is 0. The molecule has 0 spiro atoms. The van der Waals surface area contributed by atoms with Gasteiger partial charge in [-0.25, -0.2) is 0 Å². The van der Waals surface area contributed by atoms with Crippen molar-refractivity contribution in [3.63, 3.8) is 0 Å². The van der Waals surface area contributed by atoms with Gasteiger partial charge in [0.2, 0.25) is 5.91 Å². The Labute approximate surface area is 116 Å². The van der Waals surface area contributed by atoms with E-state index in [4.69, 9.17) is 0 Å². The smallest absolute Gasteiger partial charge is 0.231 e. The molecule has 1 heterocycles. The molecule has 1 unspecified atom stereocenters. The lowest BCUT2D eigenvalue weighted by molar-refractivity contribution is -0.117. The Morgan fingerprint density at radius 3 is 2.74 bits per heavy atom. The molecule has 0 radical (unpaired) electrons. The number of carbonyl (C=O) groups excluding carboxylic acids is 1. The maximum absolute atomic E-state index is 11.7. The number of anilines is 1. The van der Waals surface area contributed by atoms with Crippen LogP contribution in [0.2, 0.25) is 0 Å². The number of rotatable bonds is 5. The lowest BCUT2D eigenvalue weighted by Crippen LogP contribution is -2.22. The molecule has 0 aliphatic carbocycles. The van der Waals surface area contributed by atoms with Crippen molar-refractivity contribution in [3.8, 4) is 0 Å². The lowest BCUT2D eigenvalue weighted by atomic mass is 9.95. The largest absolute Gasteiger partial charge is 0.315 e. The Kier molecular flexibility index (Phi) is 4.25. The fraction of sp³-hybridized carbons (Fsp3) is 0.562. The Hall–Kier alpha value is -1.35. The van der Waals surface area contributed by atoms with Crippen LogP contribution in [-0.4, -0.2) is 19.5 Å². The minimum Gasteiger partial charge on any atom is -0.315 e. The highest BCUT2D eigenvalue weighted by Gasteiger charge is 2.25. The van der Waals surface area contributed by atoms with E-state index < -0.39 is 0 Å². The number of hydrogen-bond acceptors (Lipinski definition) is 2. The van der Waals surface area contributed by atoms with Crippen LogP contribution in [-0.2, 0) is 11.2 Å². The third-order valence-corrected chi connectivity index (χ3v) is 3.74. The second-order valence-electron chi connectivity index (χ2n) is 5.76. The van der Waals surface area contributed by atoms with Gasteiger partial charge in [-0.15, -0.1) is 0 Å². The van der Waals surface area contributed by atoms with Gasteiger partial charge < -0.3 is 10.2 Å². The van der Waals surface area contributed by atoms with Gasteiger partial charge >= 0.3 is 0 Å². The number of carbonyl (C=O) groups is 1. The van der Waals surface area contributed by atoms with E-state index in [0.29, 0.717) is 18.4 Å². The monoisotopic (exact) mass is 260 g/mol. The molecule has 1 amide bonds. The van der Waals surface area contributed by atoms with Crippen LogP contribution in [0.25, 0.3) is 0 Å². The van der Waals surface area contributed by atoms with E-state index in [1.807, 2.05) is 7.05 Å². The zero-order valence-corrected chi connectivity index (χ0v) is 12.4.